The molecule has 2 N–H and O–H groups in total. The van der Waals surface area contributed by atoms with Crippen LogP contribution in [0.3, 0.4) is 0 Å². The fraction of sp³-hybridized carbons (Fsp3) is 0.118. The number of hydrogen-bond donors (Lipinski definition) is 2. The SMILES string of the molecule is Cc1[nH][nH]c(=O)c1N=NC(c1ccccc1)c1ccccc1. The largest absolute Gasteiger partial charge is 0.300 e. The van der Waals surface area contributed by atoms with Gasteiger partial charge in [0.05, 0.1) is 5.69 Å². The van der Waals surface area contributed by atoms with E-state index >= 15 is 0 Å². The maximum absolute atomic E-state index is 11.7. The predicted molar refractivity (Wildman–Crippen MR) is 85.4 cm³/mol. The summed E-state index contributed by atoms with van der Waals surface area (Å²) in [5, 5.41) is 13.8. The van der Waals surface area contributed by atoms with E-state index in [-0.39, 0.29) is 11.6 Å². The molecule has 3 aromatic rings. The van der Waals surface area contributed by atoms with Crippen LogP contribution in [-0.4, -0.2) is 10.2 Å². The highest BCUT2D eigenvalue weighted by atomic mass is 16.1. The molecule has 3 rings (SSSR count). The highest BCUT2D eigenvalue weighted by molar-refractivity contribution is 5.38. The van der Waals surface area contributed by atoms with E-state index < -0.39 is 0 Å². The Labute approximate surface area is 127 Å². The highest BCUT2D eigenvalue weighted by Crippen LogP contribution is 2.27. The van der Waals surface area contributed by atoms with Gasteiger partial charge < -0.3 is 5.10 Å². The number of aryl methyl sites for hydroxylation is 1. The van der Waals surface area contributed by atoms with Crippen molar-refractivity contribution in [1.29, 1.82) is 0 Å². The first-order chi connectivity index (χ1) is 10.8. The van der Waals surface area contributed by atoms with Gasteiger partial charge in [0.15, 0.2) is 5.69 Å². The van der Waals surface area contributed by atoms with Crippen LogP contribution in [0.15, 0.2) is 75.7 Å². The number of H-pyrrole nitrogens is 2. The van der Waals surface area contributed by atoms with Crippen molar-refractivity contribution in [3.63, 3.8) is 0 Å². The van der Waals surface area contributed by atoms with Gasteiger partial charge in [0.1, 0.15) is 6.04 Å². The summed E-state index contributed by atoms with van der Waals surface area (Å²) in [6.45, 7) is 1.78. The zero-order valence-corrected chi connectivity index (χ0v) is 12.2. The summed E-state index contributed by atoms with van der Waals surface area (Å²) >= 11 is 0. The van der Waals surface area contributed by atoms with Crippen molar-refractivity contribution in [1.82, 2.24) is 10.2 Å². The van der Waals surface area contributed by atoms with Crippen molar-refractivity contribution < 1.29 is 0 Å². The molecule has 5 nitrogen and oxygen atoms in total. The van der Waals surface area contributed by atoms with Crippen LogP contribution >= 0.6 is 0 Å². The zero-order chi connectivity index (χ0) is 15.4. The van der Waals surface area contributed by atoms with E-state index in [1.165, 1.54) is 0 Å². The van der Waals surface area contributed by atoms with Crippen LogP contribution in [-0.2, 0) is 0 Å². The van der Waals surface area contributed by atoms with E-state index in [9.17, 15) is 4.79 Å². The van der Waals surface area contributed by atoms with Gasteiger partial charge in [-0.05, 0) is 18.1 Å². The molecule has 0 saturated heterocycles. The second-order valence-electron chi connectivity index (χ2n) is 4.99. The van der Waals surface area contributed by atoms with E-state index in [1.807, 2.05) is 60.7 Å². The van der Waals surface area contributed by atoms with Crippen LogP contribution in [0.2, 0.25) is 0 Å². The third-order valence-electron chi connectivity index (χ3n) is 3.44. The molecule has 0 spiro atoms. The molecule has 0 aliphatic carbocycles. The quantitative estimate of drug-likeness (QED) is 0.703. The van der Waals surface area contributed by atoms with Crippen molar-refractivity contribution in [3.8, 4) is 0 Å². The minimum atomic E-state index is -0.263. The van der Waals surface area contributed by atoms with Crippen LogP contribution in [0.1, 0.15) is 22.9 Å². The maximum Gasteiger partial charge on any atom is 0.291 e. The second-order valence-corrected chi connectivity index (χ2v) is 4.99. The number of rotatable bonds is 4. The number of nitrogens with one attached hydrogen (secondary N) is 2. The van der Waals surface area contributed by atoms with Crippen molar-refractivity contribution in [2.45, 2.75) is 13.0 Å². The van der Waals surface area contributed by atoms with Crippen molar-refractivity contribution in [3.05, 3.63) is 87.8 Å². The fourth-order valence-electron chi connectivity index (χ4n) is 2.27. The van der Waals surface area contributed by atoms with Gasteiger partial charge >= 0.3 is 0 Å². The molecule has 0 saturated carbocycles. The molecule has 0 radical (unpaired) electrons. The Balaban J connectivity index is 2.02. The molecule has 22 heavy (non-hydrogen) atoms. The lowest BCUT2D eigenvalue weighted by molar-refractivity contribution is 0.807. The highest BCUT2D eigenvalue weighted by Gasteiger charge is 2.13. The third-order valence-corrected chi connectivity index (χ3v) is 3.44. The summed E-state index contributed by atoms with van der Waals surface area (Å²) in [5.74, 6) is 0. The molecule has 110 valence electrons. The minimum absolute atomic E-state index is 0.240. The predicted octanol–water partition coefficient (Wildman–Crippen LogP) is 3.88. The molecule has 0 fully saturated rings. The molecule has 0 amide bonds. The maximum atomic E-state index is 11.7. The number of aromatic amines is 2. The first kappa shape index (κ1) is 14.0. The first-order valence-corrected chi connectivity index (χ1v) is 7.03. The Morgan fingerprint density at radius 2 is 1.41 bits per heavy atom. The van der Waals surface area contributed by atoms with Crippen LogP contribution in [0.4, 0.5) is 5.69 Å². The molecule has 1 heterocycles. The normalized spacial score (nSPS) is 11.4. The van der Waals surface area contributed by atoms with E-state index in [2.05, 4.69) is 20.4 Å². The van der Waals surface area contributed by atoms with Crippen LogP contribution in [0, 0.1) is 6.92 Å². The average molecular weight is 292 g/mol. The molecular weight excluding hydrogens is 276 g/mol. The first-order valence-electron chi connectivity index (χ1n) is 7.03. The molecule has 0 unspecified atom stereocenters. The Hall–Kier alpha value is -2.95. The Kier molecular flexibility index (Phi) is 3.96. The minimum Gasteiger partial charge on any atom is -0.300 e. The Bertz CT molecular complexity index is 779. The third kappa shape index (κ3) is 2.88. The summed E-state index contributed by atoms with van der Waals surface area (Å²) < 4.78 is 0. The second kappa shape index (κ2) is 6.22. The number of nitrogens with zero attached hydrogens (tertiary/aromatic N) is 2. The Morgan fingerprint density at radius 3 is 1.86 bits per heavy atom. The van der Waals surface area contributed by atoms with Crippen LogP contribution in [0.5, 0.6) is 0 Å². The summed E-state index contributed by atoms with van der Waals surface area (Å²) in [6, 6.07) is 19.6. The van der Waals surface area contributed by atoms with Crippen molar-refractivity contribution in [2.75, 3.05) is 0 Å². The van der Waals surface area contributed by atoms with Crippen molar-refractivity contribution in [2.24, 2.45) is 10.2 Å². The fourth-order valence-corrected chi connectivity index (χ4v) is 2.27. The van der Waals surface area contributed by atoms with Crippen LogP contribution in [0.25, 0.3) is 0 Å². The summed E-state index contributed by atoms with van der Waals surface area (Å²) in [7, 11) is 0. The number of aromatic nitrogens is 2. The zero-order valence-electron chi connectivity index (χ0n) is 12.2. The monoisotopic (exact) mass is 292 g/mol. The van der Waals surface area contributed by atoms with Gasteiger partial charge in [-0.25, -0.2) is 0 Å². The molecule has 0 aliphatic rings. The van der Waals surface area contributed by atoms with E-state index in [0.717, 1.165) is 11.1 Å². The van der Waals surface area contributed by atoms with Crippen LogP contribution < -0.4 is 5.56 Å². The van der Waals surface area contributed by atoms with Gasteiger partial charge in [-0.15, -0.1) is 5.11 Å². The number of hydrogen-bond acceptors (Lipinski definition) is 3. The van der Waals surface area contributed by atoms with E-state index in [1.54, 1.807) is 6.92 Å². The topological polar surface area (TPSA) is 73.4 Å². The molecule has 1 aromatic heterocycles. The number of azo groups is 1. The van der Waals surface area contributed by atoms with Gasteiger partial charge in [0.2, 0.25) is 0 Å². The van der Waals surface area contributed by atoms with Crippen molar-refractivity contribution >= 4 is 5.69 Å². The van der Waals surface area contributed by atoms with Gasteiger partial charge in [-0.3, -0.25) is 9.89 Å². The smallest absolute Gasteiger partial charge is 0.291 e. The molecule has 0 bridgehead atoms. The van der Waals surface area contributed by atoms with Gasteiger partial charge in [0, 0.05) is 0 Å². The molecule has 0 atom stereocenters. The molecule has 2 aromatic carbocycles. The van der Waals surface area contributed by atoms with E-state index in [4.69, 9.17) is 0 Å². The van der Waals surface area contributed by atoms with Gasteiger partial charge in [-0.2, -0.15) is 5.11 Å². The van der Waals surface area contributed by atoms with Gasteiger partial charge in [0.25, 0.3) is 5.56 Å². The lowest BCUT2D eigenvalue weighted by atomic mass is 10.00. The lowest BCUT2D eigenvalue weighted by Gasteiger charge is -2.11. The molecular formula is C17H16N4O. The summed E-state index contributed by atoms with van der Waals surface area (Å²) in [6.07, 6.45) is 0. The standard InChI is InChI=1S/C17H16N4O/c1-12-15(17(22)21-18-12)19-20-16(13-8-4-2-5-9-13)14-10-6-3-7-11-14/h2-11,16H,1H3,(H2,18,21,22). The van der Waals surface area contributed by atoms with Gasteiger partial charge in [-0.1, -0.05) is 60.7 Å². The Morgan fingerprint density at radius 1 is 0.864 bits per heavy atom. The summed E-state index contributed by atoms with van der Waals surface area (Å²) in [5.41, 5.74) is 2.79. The van der Waals surface area contributed by atoms with E-state index in [0.29, 0.717) is 11.4 Å². The summed E-state index contributed by atoms with van der Waals surface area (Å²) in [4.78, 5) is 11.7. The number of benzene rings is 2. The molecule has 5 heteroatoms. The lowest BCUT2D eigenvalue weighted by Crippen LogP contribution is -1.99. The average Bonchev–Trinajstić information content (AvgIpc) is 2.89. The molecule has 0 aliphatic heterocycles.